The molecular weight excluding hydrogens is 242 g/mol. The maximum absolute atomic E-state index is 11.9. The smallest absolute Gasteiger partial charge is 0.270 e. The van der Waals surface area contributed by atoms with Crippen molar-refractivity contribution in [1.29, 1.82) is 0 Å². The van der Waals surface area contributed by atoms with Crippen LogP contribution in [-0.2, 0) is 0 Å². The van der Waals surface area contributed by atoms with Crippen LogP contribution in [0.2, 0.25) is 0 Å². The second-order valence-electron chi connectivity index (χ2n) is 4.63. The predicted octanol–water partition coefficient (Wildman–Crippen LogP) is 0.980. The average molecular weight is 265 g/mol. The number of nitrogens with one attached hydrogen (secondary N) is 2. The monoisotopic (exact) mass is 265 g/mol. The SMILES string of the molecule is CCCNc1cc(C(=O)NCCCN(C)C)ncn1. The summed E-state index contributed by atoms with van der Waals surface area (Å²) in [6, 6.07) is 1.68. The summed E-state index contributed by atoms with van der Waals surface area (Å²) < 4.78 is 0. The minimum atomic E-state index is -0.152. The van der Waals surface area contributed by atoms with E-state index < -0.39 is 0 Å². The van der Waals surface area contributed by atoms with Crippen LogP contribution >= 0.6 is 0 Å². The van der Waals surface area contributed by atoms with Crippen molar-refractivity contribution in [2.75, 3.05) is 39.0 Å². The Morgan fingerprint density at radius 3 is 2.79 bits per heavy atom. The molecule has 1 rings (SSSR count). The molecule has 0 saturated carbocycles. The lowest BCUT2D eigenvalue weighted by Crippen LogP contribution is -2.28. The molecule has 1 aromatic heterocycles. The van der Waals surface area contributed by atoms with Gasteiger partial charge in [-0.1, -0.05) is 6.92 Å². The van der Waals surface area contributed by atoms with E-state index in [0.717, 1.165) is 25.9 Å². The fourth-order valence-corrected chi connectivity index (χ4v) is 1.52. The molecule has 19 heavy (non-hydrogen) atoms. The highest BCUT2D eigenvalue weighted by Crippen LogP contribution is 2.03. The zero-order valence-electron chi connectivity index (χ0n) is 11.9. The van der Waals surface area contributed by atoms with Crippen LogP contribution in [0.15, 0.2) is 12.4 Å². The van der Waals surface area contributed by atoms with Gasteiger partial charge in [-0.25, -0.2) is 9.97 Å². The molecule has 0 saturated heterocycles. The Morgan fingerprint density at radius 1 is 1.32 bits per heavy atom. The lowest BCUT2D eigenvalue weighted by Gasteiger charge is -2.10. The third-order valence-electron chi connectivity index (χ3n) is 2.52. The second kappa shape index (κ2) is 8.42. The lowest BCUT2D eigenvalue weighted by molar-refractivity contribution is 0.0947. The first-order valence-corrected chi connectivity index (χ1v) is 6.62. The van der Waals surface area contributed by atoms with E-state index in [1.165, 1.54) is 6.33 Å². The minimum Gasteiger partial charge on any atom is -0.370 e. The summed E-state index contributed by atoms with van der Waals surface area (Å²) >= 11 is 0. The van der Waals surface area contributed by atoms with Gasteiger partial charge in [0, 0.05) is 19.2 Å². The van der Waals surface area contributed by atoms with Gasteiger partial charge in [0.25, 0.3) is 5.91 Å². The normalized spacial score (nSPS) is 10.5. The molecule has 2 N–H and O–H groups in total. The number of nitrogens with zero attached hydrogens (tertiary/aromatic N) is 3. The van der Waals surface area contributed by atoms with Gasteiger partial charge in [-0.15, -0.1) is 0 Å². The van der Waals surface area contributed by atoms with Gasteiger partial charge in [-0.05, 0) is 33.5 Å². The molecule has 0 radical (unpaired) electrons. The van der Waals surface area contributed by atoms with Crippen LogP contribution in [0.1, 0.15) is 30.3 Å². The molecule has 0 aliphatic carbocycles. The number of aromatic nitrogens is 2. The quantitative estimate of drug-likeness (QED) is 0.686. The summed E-state index contributed by atoms with van der Waals surface area (Å²) in [5.74, 6) is 0.538. The molecule has 0 aliphatic heterocycles. The molecule has 0 bridgehead atoms. The molecule has 0 aromatic carbocycles. The first-order valence-electron chi connectivity index (χ1n) is 6.62. The van der Waals surface area contributed by atoms with Crippen molar-refractivity contribution < 1.29 is 4.79 Å². The summed E-state index contributed by atoms with van der Waals surface area (Å²) in [7, 11) is 4.02. The number of carbonyl (C=O) groups excluding carboxylic acids is 1. The Morgan fingerprint density at radius 2 is 2.11 bits per heavy atom. The highest BCUT2D eigenvalue weighted by atomic mass is 16.1. The summed E-state index contributed by atoms with van der Waals surface area (Å²) in [6.45, 7) is 4.51. The van der Waals surface area contributed by atoms with Crippen molar-refractivity contribution in [3.8, 4) is 0 Å². The van der Waals surface area contributed by atoms with E-state index in [4.69, 9.17) is 0 Å². The predicted molar refractivity (Wildman–Crippen MR) is 76.3 cm³/mol. The topological polar surface area (TPSA) is 70.2 Å². The van der Waals surface area contributed by atoms with Crippen molar-refractivity contribution in [2.24, 2.45) is 0 Å². The third-order valence-corrected chi connectivity index (χ3v) is 2.52. The Bertz CT molecular complexity index is 394. The van der Waals surface area contributed by atoms with Gasteiger partial charge in [-0.3, -0.25) is 4.79 Å². The van der Waals surface area contributed by atoms with Crippen LogP contribution in [0.25, 0.3) is 0 Å². The molecule has 1 amide bonds. The molecule has 6 nitrogen and oxygen atoms in total. The first kappa shape index (κ1) is 15.4. The molecule has 0 atom stereocenters. The highest BCUT2D eigenvalue weighted by molar-refractivity contribution is 5.92. The van der Waals surface area contributed by atoms with E-state index >= 15 is 0 Å². The second-order valence-corrected chi connectivity index (χ2v) is 4.63. The maximum atomic E-state index is 11.9. The van der Waals surface area contributed by atoms with Crippen LogP contribution in [0.4, 0.5) is 5.82 Å². The molecule has 0 spiro atoms. The van der Waals surface area contributed by atoms with E-state index in [9.17, 15) is 4.79 Å². The van der Waals surface area contributed by atoms with Crippen LogP contribution in [-0.4, -0.2) is 54.5 Å². The summed E-state index contributed by atoms with van der Waals surface area (Å²) in [5, 5.41) is 5.99. The fraction of sp³-hybridized carbons (Fsp3) is 0.615. The largest absolute Gasteiger partial charge is 0.370 e. The van der Waals surface area contributed by atoms with Crippen molar-refractivity contribution in [3.05, 3.63) is 18.1 Å². The molecule has 106 valence electrons. The van der Waals surface area contributed by atoms with E-state index in [-0.39, 0.29) is 5.91 Å². The summed E-state index contributed by atoms with van der Waals surface area (Å²) in [4.78, 5) is 22.0. The maximum Gasteiger partial charge on any atom is 0.270 e. The fourth-order valence-electron chi connectivity index (χ4n) is 1.52. The standard InChI is InChI=1S/C13H23N5O/c1-4-6-14-12-9-11(16-10-17-12)13(19)15-7-5-8-18(2)3/h9-10H,4-8H2,1-3H3,(H,15,19)(H,14,16,17). The molecule has 1 heterocycles. The number of hydrogen-bond acceptors (Lipinski definition) is 5. The molecule has 0 fully saturated rings. The Hall–Kier alpha value is -1.69. The Labute approximate surface area is 114 Å². The molecule has 0 aliphatic rings. The molecular formula is C13H23N5O. The Balaban J connectivity index is 2.43. The number of rotatable bonds is 8. The molecule has 1 aromatic rings. The molecule has 6 heteroatoms. The van der Waals surface area contributed by atoms with Crippen molar-refractivity contribution in [3.63, 3.8) is 0 Å². The zero-order chi connectivity index (χ0) is 14.1. The van der Waals surface area contributed by atoms with Gasteiger partial charge in [0.2, 0.25) is 0 Å². The minimum absolute atomic E-state index is 0.152. The van der Waals surface area contributed by atoms with Crippen LogP contribution in [0.3, 0.4) is 0 Å². The first-order chi connectivity index (χ1) is 9.13. The van der Waals surface area contributed by atoms with Crippen LogP contribution in [0.5, 0.6) is 0 Å². The van der Waals surface area contributed by atoms with Gasteiger partial charge >= 0.3 is 0 Å². The van der Waals surface area contributed by atoms with Crippen molar-refractivity contribution in [1.82, 2.24) is 20.2 Å². The number of anilines is 1. The summed E-state index contributed by atoms with van der Waals surface area (Å²) in [6.07, 6.45) is 3.34. The number of carbonyl (C=O) groups is 1. The van der Waals surface area contributed by atoms with Crippen LogP contribution < -0.4 is 10.6 Å². The lowest BCUT2D eigenvalue weighted by atomic mass is 10.3. The van der Waals surface area contributed by atoms with E-state index in [1.54, 1.807) is 6.07 Å². The van der Waals surface area contributed by atoms with E-state index in [0.29, 0.717) is 18.1 Å². The van der Waals surface area contributed by atoms with Gasteiger partial charge < -0.3 is 15.5 Å². The molecule has 0 unspecified atom stereocenters. The van der Waals surface area contributed by atoms with E-state index in [2.05, 4.69) is 32.4 Å². The van der Waals surface area contributed by atoms with E-state index in [1.807, 2.05) is 14.1 Å². The zero-order valence-corrected chi connectivity index (χ0v) is 11.9. The summed E-state index contributed by atoms with van der Waals surface area (Å²) in [5.41, 5.74) is 0.401. The van der Waals surface area contributed by atoms with Gasteiger partial charge in [-0.2, -0.15) is 0 Å². The third kappa shape index (κ3) is 6.15. The highest BCUT2D eigenvalue weighted by Gasteiger charge is 2.07. The number of hydrogen-bond donors (Lipinski definition) is 2. The van der Waals surface area contributed by atoms with Gasteiger partial charge in [0.05, 0.1) is 0 Å². The van der Waals surface area contributed by atoms with Crippen molar-refractivity contribution >= 4 is 11.7 Å². The van der Waals surface area contributed by atoms with Crippen LogP contribution in [0, 0.1) is 0 Å². The van der Waals surface area contributed by atoms with Gasteiger partial charge in [0.15, 0.2) is 0 Å². The van der Waals surface area contributed by atoms with Gasteiger partial charge in [0.1, 0.15) is 17.8 Å². The number of amides is 1. The van der Waals surface area contributed by atoms with Crippen molar-refractivity contribution in [2.45, 2.75) is 19.8 Å². The Kier molecular flexibility index (Phi) is 6.81. The average Bonchev–Trinajstić information content (AvgIpc) is 2.41.